The van der Waals surface area contributed by atoms with Gasteiger partial charge in [0, 0.05) is 17.2 Å². The van der Waals surface area contributed by atoms with Gasteiger partial charge >= 0.3 is 0 Å². The largest absolute Gasteiger partial charge is 0.351 e. The number of fused-ring (bicyclic) bond motifs is 2. The average Bonchev–Trinajstić information content (AvgIpc) is 3.17. The fourth-order valence-corrected chi connectivity index (χ4v) is 3.69. The Morgan fingerprint density at radius 1 is 1.23 bits per heavy atom. The van der Waals surface area contributed by atoms with Gasteiger partial charge in [0.2, 0.25) is 17.8 Å². The van der Waals surface area contributed by atoms with Gasteiger partial charge in [-0.15, -0.1) is 0 Å². The van der Waals surface area contributed by atoms with Crippen LogP contribution in [0.4, 0.5) is 5.95 Å². The number of anilines is 1. The van der Waals surface area contributed by atoms with Crippen molar-refractivity contribution in [2.24, 2.45) is 0 Å². The molecule has 0 bridgehead atoms. The van der Waals surface area contributed by atoms with Gasteiger partial charge in [-0.1, -0.05) is 6.07 Å². The van der Waals surface area contributed by atoms with E-state index in [0.717, 1.165) is 29.4 Å². The van der Waals surface area contributed by atoms with Crippen LogP contribution in [-0.4, -0.2) is 47.0 Å². The molecule has 1 saturated carbocycles. The Hall–Kier alpha value is -4.08. The van der Waals surface area contributed by atoms with Crippen LogP contribution < -0.4 is 10.6 Å². The first-order valence-corrected chi connectivity index (χ1v) is 10.1. The normalized spacial score (nSPS) is 17.8. The van der Waals surface area contributed by atoms with Crippen molar-refractivity contribution < 1.29 is 9.59 Å². The molecule has 1 aliphatic heterocycles. The summed E-state index contributed by atoms with van der Waals surface area (Å²) in [5.74, 6) is 0.340. The second-order valence-corrected chi connectivity index (χ2v) is 7.93. The highest BCUT2D eigenvalue weighted by molar-refractivity contribution is 6.15. The maximum Gasteiger partial charge on any atom is 0.254 e. The summed E-state index contributed by atoms with van der Waals surface area (Å²) in [7, 11) is 0. The van der Waals surface area contributed by atoms with E-state index in [1.807, 2.05) is 29.7 Å². The first-order valence-electron chi connectivity index (χ1n) is 10.1. The number of hydrogen-bond donors (Lipinski definition) is 2. The second kappa shape index (κ2) is 6.46. The molecule has 10 heteroatoms. The molecule has 4 heterocycles. The van der Waals surface area contributed by atoms with Crippen LogP contribution in [-0.2, 0) is 9.59 Å². The van der Waals surface area contributed by atoms with Crippen LogP contribution in [0.5, 0.6) is 0 Å². The zero-order chi connectivity index (χ0) is 21.1. The minimum Gasteiger partial charge on any atom is -0.351 e. The molecule has 0 radical (unpaired) electrons. The number of hydrogen-bond acceptors (Lipinski definition) is 7. The van der Waals surface area contributed by atoms with Crippen molar-refractivity contribution in [1.82, 2.24) is 34.4 Å². The number of nitrogens with zero attached hydrogens (tertiary/aromatic N) is 6. The molecule has 31 heavy (non-hydrogen) atoms. The lowest BCUT2D eigenvalue weighted by molar-refractivity contribution is -0.124. The summed E-state index contributed by atoms with van der Waals surface area (Å²) in [5.41, 5.74) is 4.45. The Bertz CT molecular complexity index is 1430. The Morgan fingerprint density at radius 3 is 2.87 bits per heavy atom. The van der Waals surface area contributed by atoms with Gasteiger partial charge in [0.25, 0.3) is 5.91 Å². The van der Waals surface area contributed by atoms with Gasteiger partial charge in [-0.2, -0.15) is 19.6 Å². The van der Waals surface area contributed by atoms with Gasteiger partial charge in [0.15, 0.2) is 5.65 Å². The minimum absolute atomic E-state index is 0.0484. The molecule has 1 aliphatic carbocycles. The number of imide groups is 1. The Morgan fingerprint density at radius 2 is 2.10 bits per heavy atom. The molecule has 1 aromatic carbocycles. The number of amides is 2. The van der Waals surface area contributed by atoms with Gasteiger partial charge in [0.1, 0.15) is 6.33 Å². The lowest BCUT2D eigenvalue weighted by Crippen LogP contribution is -2.19. The zero-order valence-corrected chi connectivity index (χ0v) is 16.7. The van der Waals surface area contributed by atoms with Gasteiger partial charge in [-0.3, -0.25) is 19.5 Å². The molecule has 0 spiro atoms. The molecule has 10 nitrogen and oxygen atoms in total. The summed E-state index contributed by atoms with van der Waals surface area (Å²) in [5, 5.41) is 10.1. The molecule has 3 aromatic heterocycles. The van der Waals surface area contributed by atoms with Gasteiger partial charge in [-0.05, 0) is 43.5 Å². The molecule has 1 saturated heterocycles. The van der Waals surface area contributed by atoms with Crippen LogP contribution in [0.15, 0.2) is 36.3 Å². The van der Waals surface area contributed by atoms with E-state index in [4.69, 9.17) is 9.97 Å². The van der Waals surface area contributed by atoms with Crippen molar-refractivity contribution in [2.75, 3.05) is 5.32 Å². The highest BCUT2D eigenvalue weighted by Crippen LogP contribution is 2.27. The van der Waals surface area contributed by atoms with E-state index in [2.05, 4.69) is 20.7 Å². The van der Waals surface area contributed by atoms with E-state index in [1.165, 1.54) is 0 Å². The molecule has 2 amide bonds. The van der Waals surface area contributed by atoms with Crippen molar-refractivity contribution >= 4 is 40.5 Å². The highest BCUT2D eigenvalue weighted by Gasteiger charge is 2.26. The van der Waals surface area contributed by atoms with Gasteiger partial charge in [-0.25, -0.2) is 4.98 Å². The lowest BCUT2D eigenvalue weighted by Gasteiger charge is -2.10. The van der Waals surface area contributed by atoms with E-state index in [-0.39, 0.29) is 18.2 Å². The highest BCUT2D eigenvalue weighted by atomic mass is 16.2. The molecular weight excluding hydrogens is 396 g/mol. The van der Waals surface area contributed by atoms with E-state index < -0.39 is 0 Å². The third-order valence-electron chi connectivity index (χ3n) is 5.44. The zero-order valence-electron chi connectivity index (χ0n) is 16.7. The summed E-state index contributed by atoms with van der Waals surface area (Å²) in [4.78, 5) is 37.5. The molecule has 4 aromatic rings. The third-order valence-corrected chi connectivity index (χ3v) is 5.44. The van der Waals surface area contributed by atoms with E-state index in [9.17, 15) is 9.59 Å². The molecule has 0 atom stereocenters. The molecular formula is C21H18N8O2. The Balaban J connectivity index is 1.54. The number of aryl methyl sites for hydroxylation is 1. The standard InChI is InChI=1S/C21H18N8O2/c1-11-2-5-16-15(6-11)22-10-28(16)20-26-18-13(7-12-8-17(30)25-19(12)31)9-23-29(18)21(27-20)24-14-3-4-14/h2,5-7,9-10,14H,3-4,8H2,1H3,(H,24,26,27)(H,25,30,31). The molecule has 0 unspecified atom stereocenters. The number of benzene rings is 1. The molecule has 154 valence electrons. The van der Waals surface area contributed by atoms with Crippen molar-refractivity contribution in [3.05, 3.63) is 47.4 Å². The van der Waals surface area contributed by atoms with Crippen LogP contribution in [0.3, 0.4) is 0 Å². The topological polar surface area (TPSA) is 119 Å². The number of carbonyl (C=O) groups excluding carboxylic acids is 2. The summed E-state index contributed by atoms with van der Waals surface area (Å²) >= 11 is 0. The van der Waals surface area contributed by atoms with Crippen LogP contribution in [0.1, 0.15) is 30.4 Å². The smallest absolute Gasteiger partial charge is 0.254 e. The summed E-state index contributed by atoms with van der Waals surface area (Å²) < 4.78 is 3.47. The van der Waals surface area contributed by atoms with E-state index in [0.29, 0.717) is 34.7 Å². The number of imidazole rings is 1. The predicted molar refractivity (Wildman–Crippen MR) is 113 cm³/mol. The Kier molecular flexibility index (Phi) is 3.70. The van der Waals surface area contributed by atoms with Gasteiger partial charge < -0.3 is 5.32 Å². The fourth-order valence-electron chi connectivity index (χ4n) is 3.69. The van der Waals surface area contributed by atoms with Crippen molar-refractivity contribution in [3.8, 4) is 5.95 Å². The monoisotopic (exact) mass is 414 g/mol. The number of nitrogens with one attached hydrogen (secondary N) is 2. The maximum absolute atomic E-state index is 12.0. The molecule has 6 rings (SSSR count). The summed E-state index contributed by atoms with van der Waals surface area (Å²) in [6, 6.07) is 6.38. The van der Waals surface area contributed by atoms with Gasteiger partial charge in [0.05, 0.1) is 23.7 Å². The maximum atomic E-state index is 12.0. The minimum atomic E-state index is -0.383. The summed E-state index contributed by atoms with van der Waals surface area (Å²) in [6.45, 7) is 2.02. The SMILES string of the molecule is Cc1ccc2c(c1)ncn2-c1nc(NC2CC2)n2ncc(C=C3CC(=O)NC3=O)c2n1. The average molecular weight is 414 g/mol. The lowest BCUT2D eigenvalue weighted by atomic mass is 10.1. The summed E-state index contributed by atoms with van der Waals surface area (Å²) in [6.07, 6.45) is 7.20. The van der Waals surface area contributed by atoms with Crippen LogP contribution in [0.25, 0.3) is 28.7 Å². The predicted octanol–water partition coefficient (Wildman–Crippen LogP) is 1.78. The van der Waals surface area contributed by atoms with Crippen molar-refractivity contribution in [2.45, 2.75) is 32.2 Å². The number of aromatic nitrogens is 6. The van der Waals surface area contributed by atoms with Crippen LogP contribution >= 0.6 is 0 Å². The quantitative estimate of drug-likeness (QED) is 0.386. The second-order valence-electron chi connectivity index (χ2n) is 7.93. The van der Waals surface area contributed by atoms with Crippen molar-refractivity contribution in [3.63, 3.8) is 0 Å². The van der Waals surface area contributed by atoms with Crippen LogP contribution in [0.2, 0.25) is 0 Å². The third kappa shape index (κ3) is 3.03. The first-order chi connectivity index (χ1) is 15.0. The fraction of sp³-hybridized carbons (Fsp3) is 0.238. The van der Waals surface area contributed by atoms with Crippen molar-refractivity contribution in [1.29, 1.82) is 0 Å². The molecule has 2 N–H and O–H groups in total. The van der Waals surface area contributed by atoms with E-state index >= 15 is 0 Å². The first kappa shape index (κ1) is 17.8. The van der Waals surface area contributed by atoms with Crippen LogP contribution in [0, 0.1) is 6.92 Å². The molecule has 2 fully saturated rings. The Labute approximate surface area is 176 Å². The number of carbonyl (C=O) groups is 2. The van der Waals surface area contributed by atoms with E-state index in [1.54, 1.807) is 23.1 Å². The number of rotatable bonds is 4. The molecule has 2 aliphatic rings.